The van der Waals surface area contributed by atoms with E-state index in [2.05, 4.69) is 55.3 Å². The number of methoxy groups -OCH3 is 2. The Balaban J connectivity index is 0.000000586. The van der Waals surface area contributed by atoms with Crippen molar-refractivity contribution >= 4 is 29.2 Å². The summed E-state index contributed by atoms with van der Waals surface area (Å²) in [7, 11) is 5.36. The van der Waals surface area contributed by atoms with E-state index in [1.807, 2.05) is 19.3 Å². The third kappa shape index (κ3) is 4.96. The number of thiocarbonyl (C=S) groups is 1. The van der Waals surface area contributed by atoms with Crippen molar-refractivity contribution in [3.8, 4) is 0 Å². The van der Waals surface area contributed by atoms with Gasteiger partial charge in [0.1, 0.15) is 0 Å². The van der Waals surface area contributed by atoms with Crippen molar-refractivity contribution in [3.63, 3.8) is 0 Å². The van der Waals surface area contributed by atoms with E-state index in [4.69, 9.17) is 15.2 Å². The second kappa shape index (κ2) is 11.2. The summed E-state index contributed by atoms with van der Waals surface area (Å²) in [5, 5.41) is 2.88. The van der Waals surface area contributed by atoms with Crippen LogP contribution in [-0.2, 0) is 14.3 Å². The molecule has 0 amide bonds. The quantitative estimate of drug-likeness (QED) is 0.483. The van der Waals surface area contributed by atoms with Gasteiger partial charge < -0.3 is 20.5 Å². The topological polar surface area (TPSA) is 73.6 Å². The Morgan fingerprint density at radius 2 is 1.92 bits per heavy atom. The monoisotopic (exact) mass is 522 g/mol. The van der Waals surface area contributed by atoms with Crippen molar-refractivity contribution in [3.05, 3.63) is 64.8 Å². The molecule has 1 aromatic rings. The smallest absolute Gasteiger partial charge is 0.163 e. The maximum absolute atomic E-state index is 12.2. The van der Waals surface area contributed by atoms with E-state index in [0.717, 1.165) is 37.7 Å². The van der Waals surface area contributed by atoms with Gasteiger partial charge in [-0.1, -0.05) is 49.4 Å². The molecule has 4 aliphatic rings. The summed E-state index contributed by atoms with van der Waals surface area (Å²) in [5.74, 6) is 1.82. The summed E-state index contributed by atoms with van der Waals surface area (Å²) in [4.78, 5) is 12.2. The summed E-state index contributed by atoms with van der Waals surface area (Å²) < 4.78 is 12.1. The van der Waals surface area contributed by atoms with Crippen LogP contribution in [0.25, 0.3) is 6.08 Å². The molecule has 6 heteroatoms. The summed E-state index contributed by atoms with van der Waals surface area (Å²) in [5.41, 5.74) is 11.7. The molecule has 0 saturated heterocycles. The Kier molecular flexibility index (Phi) is 8.41. The van der Waals surface area contributed by atoms with Crippen molar-refractivity contribution in [1.82, 2.24) is 5.32 Å². The fourth-order valence-corrected chi connectivity index (χ4v) is 7.77. The minimum atomic E-state index is -0.236. The van der Waals surface area contributed by atoms with Gasteiger partial charge >= 0.3 is 0 Å². The number of nitrogens with two attached hydrogens (primary N) is 1. The molecular weight excluding hydrogens is 480 g/mol. The van der Waals surface area contributed by atoms with Crippen molar-refractivity contribution < 1.29 is 14.3 Å². The highest BCUT2D eigenvalue weighted by Gasteiger charge is 2.63. The molecule has 37 heavy (non-hydrogen) atoms. The molecule has 5 nitrogen and oxygen atoms in total. The van der Waals surface area contributed by atoms with Crippen LogP contribution in [0.4, 0.5) is 0 Å². The number of carbonyl (C=O) groups is 1. The number of allylic oxidation sites excluding steroid dienone is 4. The molecule has 0 aromatic heterocycles. The van der Waals surface area contributed by atoms with Gasteiger partial charge in [-0.05, 0) is 90.9 Å². The lowest BCUT2D eigenvalue weighted by Gasteiger charge is -2.55. The number of benzene rings is 1. The van der Waals surface area contributed by atoms with Gasteiger partial charge in [-0.15, -0.1) is 0 Å². The van der Waals surface area contributed by atoms with Crippen molar-refractivity contribution in [2.24, 2.45) is 23.0 Å². The zero-order chi connectivity index (χ0) is 26.8. The Bertz CT molecular complexity index is 1110. The molecule has 1 aromatic carbocycles. The van der Waals surface area contributed by atoms with Crippen LogP contribution in [0.3, 0.4) is 0 Å². The van der Waals surface area contributed by atoms with Gasteiger partial charge in [-0.3, -0.25) is 4.79 Å². The van der Waals surface area contributed by atoms with E-state index >= 15 is 0 Å². The van der Waals surface area contributed by atoms with Gasteiger partial charge in [0, 0.05) is 39.0 Å². The minimum absolute atomic E-state index is 0.0555. The van der Waals surface area contributed by atoms with Crippen LogP contribution < -0.4 is 11.1 Å². The third-order valence-electron chi connectivity index (χ3n) is 9.61. The van der Waals surface area contributed by atoms with Crippen LogP contribution in [0.1, 0.15) is 68.9 Å². The fraction of sp³-hybridized carbons (Fsp3) is 0.548. The number of hydrogen-bond donors (Lipinski definition) is 2. The lowest BCUT2D eigenvalue weighted by Crippen LogP contribution is -2.54. The maximum Gasteiger partial charge on any atom is 0.163 e. The SMILES string of the molecule is C=Cc1ccc(C2CC3(C)C(CC[C@]3(COC)OC)C3CCC4=CC(=O)CCC4=C23)cc1.CNC(N)=S. The van der Waals surface area contributed by atoms with Gasteiger partial charge in [0.2, 0.25) is 0 Å². The highest BCUT2D eigenvalue weighted by molar-refractivity contribution is 7.80. The molecule has 0 spiro atoms. The molecule has 0 bridgehead atoms. The molecule has 3 N–H and O–H groups in total. The molecule has 2 fully saturated rings. The van der Waals surface area contributed by atoms with Gasteiger partial charge in [0.25, 0.3) is 0 Å². The number of hydrogen-bond acceptors (Lipinski definition) is 4. The summed E-state index contributed by atoms with van der Waals surface area (Å²) >= 11 is 4.36. The lowest BCUT2D eigenvalue weighted by molar-refractivity contribution is -0.149. The van der Waals surface area contributed by atoms with E-state index in [0.29, 0.717) is 41.7 Å². The summed E-state index contributed by atoms with van der Waals surface area (Å²) in [6.07, 6.45) is 10.9. The van der Waals surface area contributed by atoms with Crippen LogP contribution in [0.2, 0.25) is 0 Å². The van der Waals surface area contributed by atoms with Gasteiger partial charge in [0.05, 0.1) is 12.2 Å². The Morgan fingerprint density at radius 3 is 2.51 bits per heavy atom. The standard InChI is InChI=1S/C29H36O3.C2H6N2S/c1-5-19-6-8-20(9-7-19)25-17-28(2)26(14-15-29(28,32-4)18-31-3)24-12-10-21-16-22(30)11-13-23(21)27(24)25;1-4-2(3)5/h5-9,16,24-26H,1,10-15,17-18H2,2-4H3;1H3,(H3,3,4,5)/t24?,25?,26?,28?,29-;/m1./s1. The lowest BCUT2D eigenvalue weighted by atomic mass is 9.51. The van der Waals surface area contributed by atoms with E-state index in [1.165, 1.54) is 23.1 Å². The Labute approximate surface area is 227 Å². The molecule has 5 rings (SSSR count). The number of ether oxygens (including phenoxy) is 2. The van der Waals surface area contributed by atoms with E-state index in [9.17, 15) is 4.79 Å². The first-order valence-electron chi connectivity index (χ1n) is 13.4. The van der Waals surface area contributed by atoms with E-state index in [-0.39, 0.29) is 11.0 Å². The predicted molar refractivity (Wildman–Crippen MR) is 154 cm³/mol. The van der Waals surface area contributed by atoms with Crippen LogP contribution >= 0.6 is 12.2 Å². The largest absolute Gasteiger partial charge is 0.382 e. The number of ketones is 1. The second-order valence-corrected chi connectivity index (χ2v) is 11.6. The zero-order valence-electron chi connectivity index (χ0n) is 22.8. The van der Waals surface area contributed by atoms with E-state index < -0.39 is 0 Å². The molecule has 4 unspecified atom stereocenters. The third-order valence-corrected chi connectivity index (χ3v) is 9.82. The van der Waals surface area contributed by atoms with Crippen LogP contribution in [0.15, 0.2) is 53.6 Å². The first-order valence-corrected chi connectivity index (χ1v) is 13.8. The van der Waals surface area contributed by atoms with Crippen molar-refractivity contribution in [2.45, 2.75) is 63.4 Å². The van der Waals surface area contributed by atoms with Gasteiger partial charge in [-0.2, -0.15) is 0 Å². The minimum Gasteiger partial charge on any atom is -0.382 e. The average Bonchev–Trinajstić information content (AvgIpc) is 3.20. The second-order valence-electron chi connectivity index (χ2n) is 11.2. The van der Waals surface area contributed by atoms with Gasteiger partial charge in [-0.25, -0.2) is 0 Å². The van der Waals surface area contributed by atoms with Crippen molar-refractivity contribution in [2.75, 3.05) is 27.9 Å². The predicted octanol–water partition coefficient (Wildman–Crippen LogP) is 5.71. The number of nitrogens with one attached hydrogen (secondary N) is 1. The Hall–Kier alpha value is -2.28. The van der Waals surface area contributed by atoms with Crippen molar-refractivity contribution in [1.29, 1.82) is 0 Å². The van der Waals surface area contributed by atoms with E-state index in [1.54, 1.807) is 19.7 Å². The number of carbonyl (C=O) groups excluding carboxylic acids is 1. The average molecular weight is 523 g/mol. The maximum atomic E-state index is 12.2. The normalized spacial score (nSPS) is 32.3. The Morgan fingerprint density at radius 1 is 1.22 bits per heavy atom. The molecule has 0 heterocycles. The van der Waals surface area contributed by atoms with Crippen LogP contribution in [0, 0.1) is 17.3 Å². The fourth-order valence-electron chi connectivity index (χ4n) is 7.77. The summed E-state index contributed by atoms with van der Waals surface area (Å²) in [6, 6.07) is 8.96. The molecule has 0 aliphatic heterocycles. The molecule has 5 atom stereocenters. The molecule has 4 aliphatic carbocycles. The summed E-state index contributed by atoms with van der Waals surface area (Å²) in [6.45, 7) is 7.04. The van der Waals surface area contributed by atoms with Gasteiger partial charge in [0.15, 0.2) is 10.9 Å². The molecule has 0 radical (unpaired) electrons. The number of fused-ring (bicyclic) bond motifs is 4. The first kappa shape index (κ1) is 27.7. The molecule has 200 valence electrons. The first-order chi connectivity index (χ1) is 17.7. The zero-order valence-corrected chi connectivity index (χ0v) is 23.6. The molecular formula is C31H42N2O3S. The highest BCUT2D eigenvalue weighted by Crippen LogP contribution is 2.67. The van der Waals surface area contributed by atoms with Crippen LogP contribution in [-0.4, -0.2) is 44.4 Å². The molecule has 2 saturated carbocycles. The van der Waals surface area contributed by atoms with Crippen LogP contribution in [0.5, 0.6) is 0 Å². The highest BCUT2D eigenvalue weighted by atomic mass is 32.1. The number of rotatable bonds is 5.